The topological polar surface area (TPSA) is 73.2 Å². The van der Waals surface area contributed by atoms with Crippen LogP contribution in [-0.4, -0.2) is 41.0 Å². The van der Waals surface area contributed by atoms with E-state index in [2.05, 4.69) is 12.2 Å². The summed E-state index contributed by atoms with van der Waals surface area (Å²) >= 11 is 2.97. The summed E-state index contributed by atoms with van der Waals surface area (Å²) in [6.07, 6.45) is 6.29. The van der Waals surface area contributed by atoms with Crippen molar-refractivity contribution in [1.82, 2.24) is 14.9 Å². The summed E-state index contributed by atoms with van der Waals surface area (Å²) in [4.78, 5) is 32.4. The van der Waals surface area contributed by atoms with Crippen LogP contribution in [0.15, 0.2) is 9.95 Å². The summed E-state index contributed by atoms with van der Waals surface area (Å²) in [7, 11) is 1.62. The molecule has 1 aliphatic carbocycles. The van der Waals surface area contributed by atoms with Crippen LogP contribution in [0.4, 0.5) is 0 Å². The molecular weight excluding hydrogens is 394 g/mol. The molecule has 6 nitrogen and oxygen atoms in total. The molecule has 28 heavy (non-hydrogen) atoms. The third-order valence-electron chi connectivity index (χ3n) is 5.02. The molecular formula is C20H29N3O3S2. The Morgan fingerprint density at radius 3 is 2.93 bits per heavy atom. The second-order valence-corrected chi connectivity index (χ2v) is 9.31. The van der Waals surface area contributed by atoms with Crippen LogP contribution >= 0.6 is 23.1 Å². The molecule has 0 aromatic carbocycles. The molecule has 0 saturated heterocycles. The van der Waals surface area contributed by atoms with Crippen molar-refractivity contribution < 1.29 is 9.53 Å². The number of ether oxygens (including phenoxy) is 1. The first kappa shape index (κ1) is 21.3. The van der Waals surface area contributed by atoms with E-state index in [1.54, 1.807) is 23.0 Å². The highest BCUT2D eigenvalue weighted by molar-refractivity contribution is 7.99. The normalized spacial score (nSPS) is 14.8. The van der Waals surface area contributed by atoms with Gasteiger partial charge in [0.2, 0.25) is 5.91 Å². The van der Waals surface area contributed by atoms with Gasteiger partial charge in [-0.25, -0.2) is 4.98 Å². The second-order valence-electron chi connectivity index (χ2n) is 7.28. The number of rotatable bonds is 9. The van der Waals surface area contributed by atoms with Crippen LogP contribution in [0, 0.1) is 0 Å². The number of nitrogens with one attached hydrogen (secondary N) is 1. The quantitative estimate of drug-likeness (QED) is 0.494. The van der Waals surface area contributed by atoms with Crippen molar-refractivity contribution in [2.75, 3.05) is 19.5 Å². The monoisotopic (exact) mass is 423 g/mol. The summed E-state index contributed by atoms with van der Waals surface area (Å²) in [6, 6.07) is 0.160. The Morgan fingerprint density at radius 1 is 1.39 bits per heavy atom. The summed E-state index contributed by atoms with van der Waals surface area (Å²) in [5.74, 6) is 0.230. The molecule has 2 aromatic heterocycles. The summed E-state index contributed by atoms with van der Waals surface area (Å²) in [5.41, 5.74) is 1.20. The minimum Gasteiger partial charge on any atom is -0.383 e. The fourth-order valence-corrected chi connectivity index (χ4v) is 5.80. The van der Waals surface area contributed by atoms with Gasteiger partial charge in [-0.3, -0.25) is 14.2 Å². The molecule has 0 fully saturated rings. The molecule has 1 atom stereocenters. The third-order valence-corrected chi connectivity index (χ3v) is 7.18. The lowest BCUT2D eigenvalue weighted by molar-refractivity contribution is -0.119. The maximum atomic E-state index is 13.3. The van der Waals surface area contributed by atoms with E-state index in [4.69, 9.17) is 9.72 Å². The number of carbonyl (C=O) groups excluding carboxylic acids is 1. The Morgan fingerprint density at radius 2 is 2.18 bits per heavy atom. The van der Waals surface area contributed by atoms with Gasteiger partial charge < -0.3 is 10.1 Å². The molecule has 0 saturated carbocycles. The van der Waals surface area contributed by atoms with Crippen molar-refractivity contribution in [2.24, 2.45) is 0 Å². The van der Waals surface area contributed by atoms with Gasteiger partial charge in [0.05, 0.1) is 24.3 Å². The number of fused-ring (bicyclic) bond motifs is 3. The minimum absolute atomic E-state index is 0.00343. The average Bonchev–Trinajstić information content (AvgIpc) is 3.04. The van der Waals surface area contributed by atoms with Crippen LogP contribution in [-0.2, 0) is 28.9 Å². The maximum Gasteiger partial charge on any atom is 0.263 e. The molecule has 3 rings (SSSR count). The Kier molecular flexibility index (Phi) is 7.54. The van der Waals surface area contributed by atoms with E-state index in [1.165, 1.54) is 28.6 Å². The molecule has 2 aromatic rings. The molecule has 1 aliphatic rings. The molecule has 0 aliphatic heterocycles. The number of thioether (sulfide) groups is 1. The second kappa shape index (κ2) is 9.89. The summed E-state index contributed by atoms with van der Waals surface area (Å²) < 4.78 is 6.88. The van der Waals surface area contributed by atoms with Gasteiger partial charge in [-0.05, 0) is 44.6 Å². The van der Waals surface area contributed by atoms with Crippen molar-refractivity contribution >= 4 is 39.2 Å². The largest absolute Gasteiger partial charge is 0.383 e. The highest BCUT2D eigenvalue weighted by atomic mass is 32.2. The highest BCUT2D eigenvalue weighted by Crippen LogP contribution is 2.34. The number of hydrogen-bond acceptors (Lipinski definition) is 6. The predicted octanol–water partition coefficient (Wildman–Crippen LogP) is 3.38. The van der Waals surface area contributed by atoms with Crippen LogP contribution in [0.3, 0.4) is 0 Å². The molecule has 8 heteroatoms. The van der Waals surface area contributed by atoms with E-state index >= 15 is 0 Å². The van der Waals surface area contributed by atoms with Crippen LogP contribution in [0.5, 0.6) is 0 Å². The predicted molar refractivity (Wildman–Crippen MR) is 116 cm³/mol. The Bertz CT molecular complexity index is 891. The number of amides is 1. The number of nitrogens with zero attached hydrogens (tertiary/aromatic N) is 2. The SMILES string of the molecule is CCC[C@@H](C)NC(=O)CSc1nc2sc3c(c2c(=O)n1CCOC)CCCC3. The van der Waals surface area contributed by atoms with E-state index in [0.717, 1.165) is 42.3 Å². The van der Waals surface area contributed by atoms with Crippen molar-refractivity contribution in [1.29, 1.82) is 0 Å². The van der Waals surface area contributed by atoms with Crippen molar-refractivity contribution in [3.8, 4) is 0 Å². The lowest BCUT2D eigenvalue weighted by Crippen LogP contribution is -2.34. The lowest BCUT2D eigenvalue weighted by Gasteiger charge is -2.14. The van der Waals surface area contributed by atoms with E-state index < -0.39 is 0 Å². The number of aromatic nitrogens is 2. The third kappa shape index (κ3) is 4.78. The van der Waals surface area contributed by atoms with Gasteiger partial charge in [0.25, 0.3) is 5.56 Å². The van der Waals surface area contributed by atoms with E-state index in [1.807, 2.05) is 6.92 Å². The van der Waals surface area contributed by atoms with Crippen LogP contribution in [0.2, 0.25) is 0 Å². The molecule has 1 amide bonds. The first-order valence-electron chi connectivity index (χ1n) is 10.0. The van der Waals surface area contributed by atoms with Gasteiger partial charge in [0, 0.05) is 18.0 Å². The van der Waals surface area contributed by atoms with Crippen LogP contribution in [0.25, 0.3) is 10.2 Å². The standard InChI is InChI=1S/C20H29N3O3S2/c1-4-7-13(2)21-16(24)12-27-20-22-18-17(19(25)23(20)10-11-26-3)14-8-5-6-9-15(14)28-18/h13H,4-12H2,1-3H3,(H,21,24)/t13-/m1/s1. The van der Waals surface area contributed by atoms with Crippen molar-refractivity contribution in [3.63, 3.8) is 0 Å². The zero-order chi connectivity index (χ0) is 20.1. The number of aryl methyl sites for hydroxylation is 2. The first-order valence-corrected chi connectivity index (χ1v) is 11.8. The number of hydrogen-bond donors (Lipinski definition) is 1. The molecule has 1 N–H and O–H groups in total. The molecule has 0 spiro atoms. The van der Waals surface area contributed by atoms with Gasteiger partial charge in [-0.1, -0.05) is 25.1 Å². The molecule has 2 heterocycles. The van der Waals surface area contributed by atoms with Gasteiger partial charge in [-0.2, -0.15) is 0 Å². The Hall–Kier alpha value is -1.38. The highest BCUT2D eigenvalue weighted by Gasteiger charge is 2.22. The first-order chi connectivity index (χ1) is 13.5. The fraction of sp³-hybridized carbons (Fsp3) is 0.650. The van der Waals surface area contributed by atoms with Crippen LogP contribution in [0.1, 0.15) is 50.0 Å². The molecule has 0 bridgehead atoms. The smallest absolute Gasteiger partial charge is 0.263 e. The van der Waals surface area contributed by atoms with E-state index in [9.17, 15) is 9.59 Å². The summed E-state index contributed by atoms with van der Waals surface area (Å²) in [5, 5.41) is 4.39. The molecule has 0 radical (unpaired) electrons. The van der Waals surface area contributed by atoms with E-state index in [0.29, 0.717) is 18.3 Å². The van der Waals surface area contributed by atoms with Gasteiger partial charge >= 0.3 is 0 Å². The minimum atomic E-state index is -0.0240. The van der Waals surface area contributed by atoms with Crippen LogP contribution < -0.4 is 10.9 Å². The average molecular weight is 424 g/mol. The van der Waals surface area contributed by atoms with Crippen molar-refractivity contribution in [3.05, 3.63) is 20.8 Å². The zero-order valence-corrected chi connectivity index (χ0v) is 18.5. The zero-order valence-electron chi connectivity index (χ0n) is 16.9. The number of thiophene rings is 1. The number of methoxy groups -OCH3 is 1. The number of carbonyl (C=O) groups is 1. The Balaban J connectivity index is 1.87. The maximum absolute atomic E-state index is 13.3. The lowest BCUT2D eigenvalue weighted by atomic mass is 9.97. The van der Waals surface area contributed by atoms with E-state index in [-0.39, 0.29) is 23.3 Å². The Labute approximate surface area is 174 Å². The molecule has 154 valence electrons. The van der Waals surface area contributed by atoms with Crippen molar-refractivity contribution in [2.45, 2.75) is 70.1 Å². The summed E-state index contributed by atoms with van der Waals surface area (Å²) in [6.45, 7) is 5.00. The molecule has 0 unspecified atom stereocenters. The van der Waals surface area contributed by atoms with Gasteiger partial charge in [-0.15, -0.1) is 11.3 Å². The van der Waals surface area contributed by atoms with Gasteiger partial charge in [0.15, 0.2) is 5.16 Å². The fourth-order valence-electron chi connectivity index (χ4n) is 3.66. The van der Waals surface area contributed by atoms with Gasteiger partial charge in [0.1, 0.15) is 4.83 Å².